The number of hydrogen-bond donors (Lipinski definition) is 2. The molecule has 0 aliphatic carbocycles. The molecule has 0 bridgehead atoms. The fraction of sp³-hybridized carbons (Fsp3) is 0.381. The van der Waals surface area contributed by atoms with Gasteiger partial charge in [0.05, 0.1) is 6.04 Å². The summed E-state index contributed by atoms with van der Waals surface area (Å²) in [6, 6.07) is 15.4. The van der Waals surface area contributed by atoms with Gasteiger partial charge in [0.2, 0.25) is 0 Å². The van der Waals surface area contributed by atoms with E-state index in [0.717, 1.165) is 18.7 Å². The molecule has 1 heterocycles. The lowest BCUT2D eigenvalue weighted by molar-refractivity contribution is 0.624. The average Bonchev–Trinajstić information content (AvgIpc) is 3.20. The van der Waals surface area contributed by atoms with Gasteiger partial charge >= 0.3 is 0 Å². The SMILES string of the molecule is CN=C(NCc1cccc(F)c1)NC(C)c1cccc(N2CCCC2)c1.I. The van der Waals surface area contributed by atoms with Crippen molar-refractivity contribution in [3.63, 3.8) is 0 Å². The second-order valence-corrected chi connectivity index (χ2v) is 6.71. The first-order chi connectivity index (χ1) is 12.7. The molecule has 146 valence electrons. The Morgan fingerprint density at radius 1 is 1.15 bits per heavy atom. The monoisotopic (exact) mass is 482 g/mol. The number of anilines is 1. The summed E-state index contributed by atoms with van der Waals surface area (Å²) in [5.41, 5.74) is 3.40. The fourth-order valence-corrected chi connectivity index (χ4v) is 3.28. The minimum atomic E-state index is -0.223. The highest BCUT2D eigenvalue weighted by Crippen LogP contribution is 2.23. The minimum Gasteiger partial charge on any atom is -0.372 e. The summed E-state index contributed by atoms with van der Waals surface area (Å²) in [6.07, 6.45) is 2.54. The van der Waals surface area contributed by atoms with Crippen molar-refractivity contribution in [2.24, 2.45) is 4.99 Å². The smallest absolute Gasteiger partial charge is 0.191 e. The number of nitrogens with zero attached hydrogens (tertiary/aromatic N) is 2. The minimum absolute atomic E-state index is 0. The maximum absolute atomic E-state index is 13.3. The maximum Gasteiger partial charge on any atom is 0.191 e. The van der Waals surface area contributed by atoms with Crippen LogP contribution in [0, 0.1) is 5.82 Å². The van der Waals surface area contributed by atoms with E-state index < -0.39 is 0 Å². The normalized spacial score (nSPS) is 15.2. The van der Waals surface area contributed by atoms with Crippen molar-refractivity contribution in [1.82, 2.24) is 10.6 Å². The molecule has 0 radical (unpaired) electrons. The van der Waals surface area contributed by atoms with E-state index >= 15 is 0 Å². The van der Waals surface area contributed by atoms with E-state index in [2.05, 4.69) is 51.7 Å². The van der Waals surface area contributed by atoms with Gasteiger partial charge in [0, 0.05) is 32.4 Å². The van der Waals surface area contributed by atoms with Crippen molar-refractivity contribution in [2.45, 2.75) is 32.4 Å². The van der Waals surface area contributed by atoms with Crippen LogP contribution in [0.15, 0.2) is 53.5 Å². The van der Waals surface area contributed by atoms with Crippen molar-refractivity contribution in [2.75, 3.05) is 25.0 Å². The van der Waals surface area contributed by atoms with Gasteiger partial charge in [-0.25, -0.2) is 4.39 Å². The number of nitrogens with one attached hydrogen (secondary N) is 2. The van der Waals surface area contributed by atoms with Crippen LogP contribution in [-0.2, 0) is 6.54 Å². The summed E-state index contributed by atoms with van der Waals surface area (Å²) >= 11 is 0. The lowest BCUT2D eigenvalue weighted by Crippen LogP contribution is -2.38. The standard InChI is InChI=1S/C21H27FN4.HI/c1-16(18-8-6-10-20(14-18)26-11-3-4-12-26)25-21(23-2)24-15-17-7-5-9-19(22)13-17;/h5-10,13-14,16H,3-4,11-12,15H2,1-2H3,(H2,23,24,25);1H. The molecule has 1 fully saturated rings. The zero-order chi connectivity index (χ0) is 18.4. The first kappa shape index (κ1) is 21.5. The Balaban J connectivity index is 0.00000261. The Kier molecular flexibility index (Phi) is 8.34. The van der Waals surface area contributed by atoms with E-state index in [9.17, 15) is 4.39 Å². The second-order valence-electron chi connectivity index (χ2n) is 6.71. The molecule has 0 amide bonds. The van der Waals surface area contributed by atoms with E-state index in [1.165, 1.54) is 36.2 Å². The first-order valence-corrected chi connectivity index (χ1v) is 9.22. The Morgan fingerprint density at radius 3 is 2.59 bits per heavy atom. The van der Waals surface area contributed by atoms with Gasteiger partial charge in [-0.1, -0.05) is 24.3 Å². The van der Waals surface area contributed by atoms with Crippen LogP contribution in [0.1, 0.15) is 36.9 Å². The Morgan fingerprint density at radius 2 is 1.89 bits per heavy atom. The summed E-state index contributed by atoms with van der Waals surface area (Å²) in [4.78, 5) is 6.72. The van der Waals surface area contributed by atoms with Crippen LogP contribution >= 0.6 is 24.0 Å². The molecule has 1 aliphatic heterocycles. The van der Waals surface area contributed by atoms with Gasteiger partial charge in [0.1, 0.15) is 5.82 Å². The van der Waals surface area contributed by atoms with Crippen LogP contribution in [0.4, 0.5) is 10.1 Å². The molecule has 6 heteroatoms. The molecule has 4 nitrogen and oxygen atoms in total. The van der Waals surface area contributed by atoms with Gasteiger partial charge < -0.3 is 15.5 Å². The van der Waals surface area contributed by atoms with E-state index in [4.69, 9.17) is 0 Å². The van der Waals surface area contributed by atoms with Gasteiger partial charge in [0.15, 0.2) is 5.96 Å². The Hall–Kier alpha value is -1.83. The molecule has 27 heavy (non-hydrogen) atoms. The zero-order valence-electron chi connectivity index (χ0n) is 15.9. The van der Waals surface area contributed by atoms with Gasteiger partial charge in [-0.05, 0) is 55.2 Å². The number of rotatable bonds is 5. The molecular weight excluding hydrogens is 454 g/mol. The van der Waals surface area contributed by atoms with Crippen molar-refractivity contribution in [1.29, 1.82) is 0 Å². The molecule has 2 aromatic carbocycles. The second kappa shape index (κ2) is 10.5. The van der Waals surface area contributed by atoms with Crippen LogP contribution < -0.4 is 15.5 Å². The predicted molar refractivity (Wildman–Crippen MR) is 121 cm³/mol. The predicted octanol–water partition coefficient (Wildman–Crippen LogP) is 4.47. The molecule has 1 saturated heterocycles. The van der Waals surface area contributed by atoms with Crippen LogP contribution in [0.2, 0.25) is 0 Å². The van der Waals surface area contributed by atoms with Gasteiger partial charge in [-0.3, -0.25) is 4.99 Å². The fourth-order valence-electron chi connectivity index (χ4n) is 3.28. The zero-order valence-corrected chi connectivity index (χ0v) is 18.2. The van der Waals surface area contributed by atoms with Crippen LogP contribution in [-0.4, -0.2) is 26.1 Å². The largest absolute Gasteiger partial charge is 0.372 e. The summed E-state index contributed by atoms with van der Waals surface area (Å²) in [5, 5.41) is 6.66. The third-order valence-corrected chi connectivity index (χ3v) is 4.77. The summed E-state index contributed by atoms with van der Waals surface area (Å²) in [6.45, 7) is 4.93. The highest BCUT2D eigenvalue weighted by atomic mass is 127. The highest BCUT2D eigenvalue weighted by molar-refractivity contribution is 14.0. The van der Waals surface area contributed by atoms with Crippen LogP contribution in [0.25, 0.3) is 0 Å². The summed E-state index contributed by atoms with van der Waals surface area (Å²) in [7, 11) is 1.74. The lowest BCUT2D eigenvalue weighted by Gasteiger charge is -2.22. The van der Waals surface area contributed by atoms with E-state index in [1.54, 1.807) is 13.1 Å². The number of aliphatic imine (C=N–C) groups is 1. The summed E-state index contributed by atoms with van der Waals surface area (Å²) < 4.78 is 13.3. The van der Waals surface area contributed by atoms with Crippen LogP contribution in [0.5, 0.6) is 0 Å². The van der Waals surface area contributed by atoms with E-state index in [1.807, 2.05) is 6.07 Å². The molecule has 2 aromatic rings. The third kappa shape index (κ3) is 6.09. The Bertz CT molecular complexity index is 759. The number of halogens is 2. The molecule has 1 aliphatic rings. The van der Waals surface area contributed by atoms with E-state index in [-0.39, 0.29) is 35.8 Å². The molecule has 3 rings (SSSR count). The van der Waals surface area contributed by atoms with Gasteiger partial charge in [-0.15, -0.1) is 24.0 Å². The average molecular weight is 482 g/mol. The first-order valence-electron chi connectivity index (χ1n) is 9.22. The lowest BCUT2D eigenvalue weighted by atomic mass is 10.1. The van der Waals surface area contributed by atoms with Crippen molar-refractivity contribution >= 4 is 35.6 Å². The number of benzene rings is 2. The maximum atomic E-state index is 13.3. The third-order valence-electron chi connectivity index (χ3n) is 4.77. The number of hydrogen-bond acceptors (Lipinski definition) is 2. The molecule has 1 unspecified atom stereocenters. The van der Waals surface area contributed by atoms with Crippen LogP contribution in [0.3, 0.4) is 0 Å². The molecule has 0 saturated carbocycles. The van der Waals surface area contributed by atoms with E-state index in [0.29, 0.717) is 12.5 Å². The van der Waals surface area contributed by atoms with Gasteiger partial charge in [0.25, 0.3) is 0 Å². The van der Waals surface area contributed by atoms with Gasteiger partial charge in [-0.2, -0.15) is 0 Å². The summed E-state index contributed by atoms with van der Waals surface area (Å²) in [5.74, 6) is 0.479. The Labute approximate surface area is 178 Å². The molecule has 2 N–H and O–H groups in total. The molecule has 0 aromatic heterocycles. The topological polar surface area (TPSA) is 39.7 Å². The highest BCUT2D eigenvalue weighted by Gasteiger charge is 2.14. The number of guanidine groups is 1. The molecule has 0 spiro atoms. The van der Waals surface area contributed by atoms with Crippen molar-refractivity contribution in [3.05, 3.63) is 65.5 Å². The van der Waals surface area contributed by atoms with Crippen molar-refractivity contribution in [3.8, 4) is 0 Å². The molecular formula is C21H28FIN4. The molecule has 1 atom stereocenters. The van der Waals surface area contributed by atoms with Crippen molar-refractivity contribution < 1.29 is 4.39 Å². The quantitative estimate of drug-likeness (QED) is 0.376.